The Morgan fingerprint density at radius 3 is 2.44 bits per heavy atom. The first-order valence-corrected chi connectivity index (χ1v) is 8.30. The molecule has 0 saturated carbocycles. The van der Waals surface area contributed by atoms with Crippen LogP contribution in [0.1, 0.15) is 33.5 Å². The summed E-state index contributed by atoms with van der Waals surface area (Å²) in [5.74, 6) is 0.494. The number of pyridine rings is 1. The fourth-order valence-corrected chi connectivity index (χ4v) is 2.27. The highest BCUT2D eigenvalue weighted by Gasteiger charge is 2.10. The second-order valence-corrected chi connectivity index (χ2v) is 5.63. The van der Waals surface area contributed by atoms with E-state index < -0.39 is 5.97 Å². The quantitative estimate of drug-likeness (QED) is 0.643. The summed E-state index contributed by atoms with van der Waals surface area (Å²) in [4.78, 5) is 28.1. The molecule has 1 aromatic carbocycles. The van der Waals surface area contributed by atoms with Crippen LogP contribution in [0.25, 0.3) is 0 Å². The van der Waals surface area contributed by atoms with Gasteiger partial charge in [0.25, 0.3) is 5.91 Å². The van der Waals surface area contributed by atoms with Crippen LogP contribution in [0.2, 0.25) is 0 Å². The van der Waals surface area contributed by atoms with Crippen molar-refractivity contribution in [3.63, 3.8) is 0 Å². The van der Waals surface area contributed by atoms with Gasteiger partial charge < -0.3 is 19.9 Å². The van der Waals surface area contributed by atoms with Crippen molar-refractivity contribution in [1.29, 1.82) is 0 Å². The van der Waals surface area contributed by atoms with Crippen LogP contribution < -0.4 is 10.6 Å². The van der Waals surface area contributed by atoms with Gasteiger partial charge in [0.05, 0.1) is 24.1 Å². The summed E-state index contributed by atoms with van der Waals surface area (Å²) in [7, 11) is 0. The molecule has 2 heterocycles. The number of carbonyl (C=O) groups is 2. The number of amides is 1. The molecule has 3 aromatic rings. The molecule has 0 unspecified atom stereocenters. The average molecular weight is 366 g/mol. The van der Waals surface area contributed by atoms with Gasteiger partial charge >= 0.3 is 5.97 Å². The Labute approximate surface area is 155 Å². The molecule has 0 fully saturated rings. The van der Waals surface area contributed by atoms with Gasteiger partial charge in [0, 0.05) is 11.8 Å². The van der Waals surface area contributed by atoms with Gasteiger partial charge in [-0.2, -0.15) is 0 Å². The first-order valence-electron chi connectivity index (χ1n) is 8.30. The molecule has 0 aliphatic heterocycles. The Kier molecular flexibility index (Phi) is 5.46. The van der Waals surface area contributed by atoms with Gasteiger partial charge in [-0.3, -0.25) is 4.79 Å². The fourth-order valence-electron chi connectivity index (χ4n) is 2.27. The summed E-state index contributed by atoms with van der Waals surface area (Å²) in [6.45, 7) is 3.85. The summed E-state index contributed by atoms with van der Waals surface area (Å²) in [5.41, 5.74) is 1.91. The number of aryl methyl sites for hydroxylation is 1. The lowest BCUT2D eigenvalue weighted by molar-refractivity contribution is 0.0526. The lowest BCUT2D eigenvalue weighted by Gasteiger charge is -2.07. The Morgan fingerprint density at radius 2 is 1.85 bits per heavy atom. The van der Waals surface area contributed by atoms with E-state index in [1.54, 1.807) is 56.3 Å². The van der Waals surface area contributed by atoms with Gasteiger partial charge in [0.2, 0.25) is 0 Å². The summed E-state index contributed by atoms with van der Waals surface area (Å²) in [5, 5.41) is 9.58. The molecule has 2 N–H and O–H groups in total. The fraction of sp³-hybridized carbons (Fsp3) is 0.158. The highest BCUT2D eigenvalue weighted by Crippen LogP contribution is 2.16. The van der Waals surface area contributed by atoms with E-state index in [2.05, 4.69) is 20.8 Å². The van der Waals surface area contributed by atoms with Crippen LogP contribution in [0.4, 0.5) is 17.2 Å². The number of nitrogens with zero attached hydrogens (tertiary/aromatic N) is 2. The van der Waals surface area contributed by atoms with E-state index in [0.29, 0.717) is 35.1 Å². The van der Waals surface area contributed by atoms with Crippen molar-refractivity contribution < 1.29 is 18.8 Å². The number of rotatable bonds is 6. The normalized spacial score (nSPS) is 10.3. The molecule has 0 bridgehead atoms. The first-order chi connectivity index (χ1) is 13.0. The minimum Gasteiger partial charge on any atom is -0.462 e. The zero-order valence-electron chi connectivity index (χ0n) is 14.9. The predicted octanol–water partition coefficient (Wildman–Crippen LogP) is 3.55. The Morgan fingerprint density at radius 1 is 1.11 bits per heavy atom. The van der Waals surface area contributed by atoms with Gasteiger partial charge in [-0.25, -0.2) is 9.78 Å². The number of hydrogen-bond acceptors (Lipinski definition) is 7. The van der Waals surface area contributed by atoms with Crippen LogP contribution in [0.3, 0.4) is 0 Å². The molecular formula is C19H18N4O4. The number of hydrogen-bond donors (Lipinski definition) is 2. The molecule has 0 radical (unpaired) electrons. The second kappa shape index (κ2) is 8.13. The molecule has 0 spiro atoms. The van der Waals surface area contributed by atoms with Crippen molar-refractivity contribution in [3.05, 3.63) is 65.7 Å². The minimum absolute atomic E-state index is 0.256. The van der Waals surface area contributed by atoms with E-state index in [1.165, 1.54) is 6.20 Å². The zero-order chi connectivity index (χ0) is 19.2. The van der Waals surface area contributed by atoms with E-state index >= 15 is 0 Å². The standard InChI is InChI=1S/C19H18N4O4/c1-3-26-19(25)13-4-6-14(7-5-13)22-18(24)16-9-8-15(11-20-16)21-17-10-12(2)27-23-17/h4-11H,3H2,1-2H3,(H,21,23)(H,22,24). The Hall–Kier alpha value is -3.68. The lowest BCUT2D eigenvalue weighted by Crippen LogP contribution is -2.14. The van der Waals surface area contributed by atoms with Crippen LogP contribution in [-0.2, 0) is 4.74 Å². The van der Waals surface area contributed by atoms with Crippen molar-refractivity contribution in [3.8, 4) is 0 Å². The molecule has 0 aliphatic rings. The largest absolute Gasteiger partial charge is 0.462 e. The van der Waals surface area contributed by atoms with Crippen LogP contribution >= 0.6 is 0 Å². The number of anilines is 3. The molecule has 27 heavy (non-hydrogen) atoms. The molecule has 2 aromatic heterocycles. The average Bonchev–Trinajstić information content (AvgIpc) is 3.08. The maximum atomic E-state index is 12.3. The number of esters is 1. The highest BCUT2D eigenvalue weighted by atomic mass is 16.5. The monoisotopic (exact) mass is 366 g/mol. The first kappa shape index (κ1) is 18.1. The summed E-state index contributed by atoms with van der Waals surface area (Å²) in [6.07, 6.45) is 1.53. The van der Waals surface area contributed by atoms with Gasteiger partial charge in [0.1, 0.15) is 11.5 Å². The molecule has 1 amide bonds. The molecule has 8 nitrogen and oxygen atoms in total. The molecule has 3 rings (SSSR count). The molecule has 0 aliphatic carbocycles. The topological polar surface area (TPSA) is 106 Å². The summed E-state index contributed by atoms with van der Waals surface area (Å²) < 4.78 is 9.90. The smallest absolute Gasteiger partial charge is 0.338 e. The van der Waals surface area contributed by atoms with Crippen molar-refractivity contribution >= 4 is 29.1 Å². The van der Waals surface area contributed by atoms with Crippen LogP contribution in [0.15, 0.2) is 53.2 Å². The number of benzene rings is 1. The number of ether oxygens (including phenoxy) is 1. The maximum absolute atomic E-state index is 12.3. The van der Waals surface area contributed by atoms with E-state index in [0.717, 1.165) is 0 Å². The second-order valence-electron chi connectivity index (χ2n) is 5.63. The van der Waals surface area contributed by atoms with Crippen LogP contribution in [0, 0.1) is 6.92 Å². The molecule has 8 heteroatoms. The predicted molar refractivity (Wildman–Crippen MR) is 99.1 cm³/mol. The van der Waals surface area contributed by atoms with Gasteiger partial charge in [-0.1, -0.05) is 5.16 Å². The summed E-state index contributed by atoms with van der Waals surface area (Å²) in [6, 6.07) is 11.5. The van der Waals surface area contributed by atoms with Crippen LogP contribution in [0.5, 0.6) is 0 Å². The van der Waals surface area contributed by atoms with Gasteiger partial charge in [-0.05, 0) is 50.2 Å². The zero-order valence-corrected chi connectivity index (χ0v) is 14.9. The number of nitrogens with one attached hydrogen (secondary N) is 2. The van der Waals surface area contributed by atoms with Crippen molar-refractivity contribution in [1.82, 2.24) is 10.1 Å². The Bertz CT molecular complexity index is 933. The van der Waals surface area contributed by atoms with E-state index in [9.17, 15) is 9.59 Å². The van der Waals surface area contributed by atoms with Gasteiger partial charge in [0.15, 0.2) is 5.82 Å². The lowest BCUT2D eigenvalue weighted by atomic mass is 10.2. The third kappa shape index (κ3) is 4.69. The van der Waals surface area contributed by atoms with Gasteiger partial charge in [-0.15, -0.1) is 0 Å². The third-order valence-electron chi connectivity index (χ3n) is 3.55. The van der Waals surface area contributed by atoms with Crippen LogP contribution in [-0.4, -0.2) is 28.6 Å². The van der Waals surface area contributed by atoms with E-state index in [-0.39, 0.29) is 11.6 Å². The van der Waals surface area contributed by atoms with Crippen molar-refractivity contribution in [2.45, 2.75) is 13.8 Å². The SMILES string of the molecule is CCOC(=O)c1ccc(NC(=O)c2ccc(Nc3cc(C)on3)cn2)cc1. The third-order valence-corrected chi connectivity index (χ3v) is 3.55. The highest BCUT2D eigenvalue weighted by molar-refractivity contribution is 6.03. The molecular weight excluding hydrogens is 348 g/mol. The molecule has 0 saturated heterocycles. The molecule has 0 atom stereocenters. The molecule has 138 valence electrons. The van der Waals surface area contributed by atoms with E-state index in [4.69, 9.17) is 9.26 Å². The number of carbonyl (C=O) groups excluding carboxylic acids is 2. The maximum Gasteiger partial charge on any atom is 0.338 e. The minimum atomic E-state index is -0.401. The van der Waals surface area contributed by atoms with Crippen molar-refractivity contribution in [2.24, 2.45) is 0 Å². The van der Waals surface area contributed by atoms with Crippen molar-refractivity contribution in [2.75, 3.05) is 17.2 Å². The van der Waals surface area contributed by atoms with E-state index in [1.807, 2.05) is 0 Å². The Balaban J connectivity index is 1.61. The number of aromatic nitrogens is 2. The summed E-state index contributed by atoms with van der Waals surface area (Å²) >= 11 is 0.